The average Bonchev–Trinajstić information content (AvgIpc) is 3.71. The van der Waals surface area contributed by atoms with Crippen molar-refractivity contribution in [3.8, 4) is 33.4 Å². The van der Waals surface area contributed by atoms with Crippen molar-refractivity contribution >= 4 is 289 Å². The number of furan rings is 1. The molecule has 0 amide bonds. The molecule has 0 aliphatic heterocycles. The SMILES string of the molecule is Bc1c(B)c(B)c(-c2c(B)c(B)c(-c3c(B)c(B)c(N(c4cccc(-c5cccc6oc7c8ccccc8ccc7c56)c4)c4c(B)c(B)c(B)c(B)c4B)c(B)c3B)c(B)c2B)c(B)c1B. The molecule has 0 saturated carbocycles. The molecule has 66 heavy (non-hydrogen) atoms. The fourth-order valence-corrected chi connectivity index (χ4v) is 11.7. The molecule has 2 nitrogen and oxygen atoms in total. The molecule has 0 saturated heterocycles. The molecule has 9 rings (SSSR count). The topological polar surface area (TPSA) is 16.4 Å². The Balaban J connectivity index is 1.30. The Bertz CT molecular complexity index is 3490. The van der Waals surface area contributed by atoms with Crippen LogP contribution < -0.4 is 103 Å². The summed E-state index contributed by atoms with van der Waals surface area (Å²) in [6.07, 6.45) is 0. The molecule has 0 atom stereocenters. The van der Waals surface area contributed by atoms with Crippen molar-refractivity contribution in [2.45, 2.75) is 0 Å². The quantitative estimate of drug-likeness (QED) is 0.155. The van der Waals surface area contributed by atoms with E-state index in [9.17, 15) is 0 Å². The molecular weight excluding hydrogens is 777 g/mol. The standard InChI is InChI=1S/C46H49B18NO/c47-26-22(24-30(51)34(55)36(57)35(56)31(24)52)27(48)29(50)23(28(26)49)25-32(53)40(61)44(41(62)33(25)54)65(45-42(63)38(59)37(58)39(60)43(45)64)16-7-3-6-15(13-16)17-9-4-10-20-21(17)19-12-11-14-5-1-2-8-18(14)46(19)66-20/h1-13H,47-64H2. The maximum absolute atomic E-state index is 6.69. The van der Waals surface area contributed by atoms with E-state index in [4.69, 9.17) is 4.42 Å². The number of anilines is 3. The molecular formula is C46H49B18NO. The van der Waals surface area contributed by atoms with E-state index in [1.807, 2.05) is 0 Å². The highest BCUT2D eigenvalue weighted by atomic mass is 16.3. The predicted octanol–water partition coefficient (Wildman–Crippen LogP) is -18.1. The molecule has 0 fully saturated rings. The summed E-state index contributed by atoms with van der Waals surface area (Å²) < 4.78 is 6.69. The number of nitrogens with zero attached hydrogens (tertiary/aromatic N) is 1. The van der Waals surface area contributed by atoms with E-state index in [1.165, 1.54) is 143 Å². The Kier molecular flexibility index (Phi) is 11.7. The fraction of sp³-hybridized carbons (Fsp3) is 0. The lowest BCUT2D eigenvalue weighted by molar-refractivity contribution is 0.673. The van der Waals surface area contributed by atoms with Gasteiger partial charge in [-0.1, -0.05) is 131 Å². The molecule has 20 heteroatoms. The van der Waals surface area contributed by atoms with Gasteiger partial charge in [0.1, 0.15) is 152 Å². The zero-order valence-corrected chi connectivity index (χ0v) is 42.9. The maximum Gasteiger partial charge on any atom is 0.143 e. The largest absolute Gasteiger partial charge is 0.455 e. The van der Waals surface area contributed by atoms with Crippen molar-refractivity contribution in [2.75, 3.05) is 4.90 Å². The highest BCUT2D eigenvalue weighted by Gasteiger charge is 2.29. The van der Waals surface area contributed by atoms with Crippen LogP contribution in [0.5, 0.6) is 0 Å². The number of fused-ring (bicyclic) bond motifs is 5. The van der Waals surface area contributed by atoms with Crippen LogP contribution in [0.4, 0.5) is 17.1 Å². The van der Waals surface area contributed by atoms with Gasteiger partial charge in [0.05, 0.1) is 0 Å². The van der Waals surface area contributed by atoms with Crippen LogP contribution in [0.25, 0.3) is 66.1 Å². The lowest BCUT2D eigenvalue weighted by Crippen LogP contribution is -2.57. The molecule has 0 unspecified atom stereocenters. The normalized spacial score (nSPS) is 11.5. The van der Waals surface area contributed by atoms with Crippen molar-refractivity contribution in [3.63, 3.8) is 0 Å². The Morgan fingerprint density at radius 3 is 1.26 bits per heavy atom. The second-order valence-corrected chi connectivity index (χ2v) is 19.8. The smallest absolute Gasteiger partial charge is 0.143 e. The Morgan fingerprint density at radius 2 is 0.742 bits per heavy atom. The van der Waals surface area contributed by atoms with Gasteiger partial charge in [-0.3, -0.25) is 0 Å². The number of hydrogen-bond donors (Lipinski definition) is 0. The monoisotopic (exact) mass is 830 g/mol. The van der Waals surface area contributed by atoms with Gasteiger partial charge in [0, 0.05) is 33.2 Å². The summed E-state index contributed by atoms with van der Waals surface area (Å²) in [5, 5.41) is 4.62. The van der Waals surface area contributed by atoms with E-state index in [1.54, 1.807) is 0 Å². The van der Waals surface area contributed by atoms with Crippen LogP contribution in [0, 0.1) is 0 Å². The first-order valence-corrected chi connectivity index (χ1v) is 23.9. The molecule has 8 aromatic carbocycles. The molecule has 0 N–H and O–H groups in total. The Hall–Kier alpha value is -5.21. The average molecular weight is 827 g/mol. The minimum atomic E-state index is 0.907. The van der Waals surface area contributed by atoms with Crippen molar-refractivity contribution in [2.24, 2.45) is 0 Å². The molecule has 0 radical (unpaired) electrons. The van der Waals surface area contributed by atoms with Gasteiger partial charge in [0.15, 0.2) is 0 Å². The van der Waals surface area contributed by atoms with Crippen LogP contribution in [0.3, 0.4) is 0 Å². The number of hydrogen-bond acceptors (Lipinski definition) is 2. The van der Waals surface area contributed by atoms with E-state index in [-0.39, 0.29) is 0 Å². The minimum Gasteiger partial charge on any atom is -0.455 e. The third-order valence-electron chi connectivity index (χ3n) is 16.9. The first-order chi connectivity index (χ1) is 31.3. The van der Waals surface area contributed by atoms with Gasteiger partial charge >= 0.3 is 0 Å². The molecule has 1 heterocycles. The lowest BCUT2D eigenvalue weighted by atomic mass is 9.55. The van der Waals surface area contributed by atoms with Gasteiger partial charge in [0.25, 0.3) is 0 Å². The first kappa shape index (κ1) is 45.9. The van der Waals surface area contributed by atoms with Gasteiger partial charge in [-0.2, -0.15) is 0 Å². The third kappa shape index (κ3) is 6.73. The Morgan fingerprint density at radius 1 is 0.333 bits per heavy atom. The lowest BCUT2D eigenvalue weighted by Gasteiger charge is -2.37. The molecule has 1 aromatic heterocycles. The van der Waals surface area contributed by atoms with Crippen LogP contribution in [0.15, 0.2) is 83.3 Å². The third-order valence-corrected chi connectivity index (χ3v) is 16.9. The van der Waals surface area contributed by atoms with Crippen LogP contribution in [-0.4, -0.2) is 141 Å². The van der Waals surface area contributed by atoms with E-state index in [0.717, 1.165) is 38.6 Å². The maximum atomic E-state index is 6.69. The number of rotatable bonds is 6. The fourth-order valence-electron chi connectivity index (χ4n) is 11.7. The van der Waals surface area contributed by atoms with Gasteiger partial charge in [0.2, 0.25) is 0 Å². The molecule has 0 aliphatic rings. The van der Waals surface area contributed by atoms with Gasteiger partial charge in [-0.05, 0) is 63.0 Å². The van der Waals surface area contributed by atoms with E-state index in [0.29, 0.717) is 0 Å². The Labute approximate surface area is 408 Å². The summed E-state index contributed by atoms with van der Waals surface area (Å²) in [5.74, 6) is 0. The summed E-state index contributed by atoms with van der Waals surface area (Å²) in [7, 11) is 42.0. The summed E-state index contributed by atoms with van der Waals surface area (Å²) in [4.78, 5) is 2.61. The molecule has 298 valence electrons. The van der Waals surface area contributed by atoms with Gasteiger partial charge < -0.3 is 9.32 Å². The van der Waals surface area contributed by atoms with Crippen LogP contribution in [0.1, 0.15) is 0 Å². The molecule has 0 aliphatic carbocycles. The van der Waals surface area contributed by atoms with Crippen molar-refractivity contribution in [1.29, 1.82) is 0 Å². The summed E-state index contributed by atoms with van der Waals surface area (Å²) in [6.45, 7) is 0. The first-order valence-electron chi connectivity index (χ1n) is 23.9. The van der Waals surface area contributed by atoms with Gasteiger partial charge in [-0.25, -0.2) is 0 Å². The summed E-state index contributed by atoms with van der Waals surface area (Å²) in [5.41, 5.74) is 37.9. The van der Waals surface area contributed by atoms with Crippen LogP contribution >= 0.6 is 0 Å². The summed E-state index contributed by atoms with van der Waals surface area (Å²) >= 11 is 0. The second-order valence-electron chi connectivity index (χ2n) is 19.8. The van der Waals surface area contributed by atoms with E-state index < -0.39 is 0 Å². The zero-order valence-electron chi connectivity index (χ0n) is 42.9. The second kappa shape index (κ2) is 16.8. The van der Waals surface area contributed by atoms with Crippen LogP contribution in [0.2, 0.25) is 0 Å². The predicted molar refractivity (Wildman–Crippen MR) is 349 cm³/mol. The van der Waals surface area contributed by atoms with Crippen LogP contribution in [-0.2, 0) is 0 Å². The van der Waals surface area contributed by atoms with E-state index in [2.05, 4.69) is 225 Å². The van der Waals surface area contributed by atoms with Gasteiger partial charge in [-0.15, -0.1) is 21.9 Å². The highest BCUT2D eigenvalue weighted by molar-refractivity contribution is 6.73. The zero-order chi connectivity index (χ0) is 47.5. The molecule has 0 spiro atoms. The van der Waals surface area contributed by atoms with Crippen molar-refractivity contribution < 1.29 is 4.42 Å². The minimum absolute atomic E-state index is 0.907. The number of benzene rings is 8. The highest BCUT2D eigenvalue weighted by Crippen LogP contribution is 2.41. The van der Waals surface area contributed by atoms with Crippen molar-refractivity contribution in [1.82, 2.24) is 0 Å². The molecule has 0 bridgehead atoms. The summed E-state index contributed by atoms with van der Waals surface area (Å²) in [6, 6.07) is 28.7. The van der Waals surface area contributed by atoms with E-state index >= 15 is 0 Å². The van der Waals surface area contributed by atoms with Crippen molar-refractivity contribution in [3.05, 3.63) is 78.9 Å². The molecule has 9 aromatic rings.